The lowest BCUT2D eigenvalue weighted by Gasteiger charge is -2.28. The van der Waals surface area contributed by atoms with Crippen LogP contribution in [0.2, 0.25) is 10.0 Å². The summed E-state index contributed by atoms with van der Waals surface area (Å²) in [7, 11) is 4.11. The molecule has 0 bridgehead atoms. The summed E-state index contributed by atoms with van der Waals surface area (Å²) >= 11 is 17.5. The molecule has 0 aliphatic rings. The summed E-state index contributed by atoms with van der Waals surface area (Å²) in [6.45, 7) is 7.10. The summed E-state index contributed by atoms with van der Waals surface area (Å²) < 4.78 is 0. The topological polar surface area (TPSA) is 18.5 Å². The minimum atomic E-state index is 0.537. The molecule has 3 nitrogen and oxygen atoms in total. The van der Waals surface area contributed by atoms with Crippen molar-refractivity contribution in [2.24, 2.45) is 5.92 Å². The number of benzene rings is 1. The van der Waals surface area contributed by atoms with Gasteiger partial charge in [-0.15, -0.1) is 0 Å². The van der Waals surface area contributed by atoms with Gasteiger partial charge in [-0.3, -0.25) is 0 Å². The van der Waals surface area contributed by atoms with Crippen LogP contribution in [0.3, 0.4) is 0 Å². The summed E-state index contributed by atoms with van der Waals surface area (Å²) in [5.41, 5.74) is 0.816. The monoisotopic (exact) mass is 347 g/mol. The molecule has 0 saturated heterocycles. The third kappa shape index (κ3) is 7.32. The number of thiocarbonyl (C=S) groups is 1. The molecule has 21 heavy (non-hydrogen) atoms. The van der Waals surface area contributed by atoms with Crippen molar-refractivity contribution >= 4 is 46.2 Å². The Hall–Kier alpha value is -0.550. The van der Waals surface area contributed by atoms with E-state index in [-0.39, 0.29) is 0 Å². The Kier molecular flexibility index (Phi) is 7.74. The van der Waals surface area contributed by atoms with Crippen molar-refractivity contribution < 1.29 is 0 Å². The van der Waals surface area contributed by atoms with E-state index in [4.69, 9.17) is 35.4 Å². The molecule has 0 amide bonds. The molecule has 1 rings (SSSR count). The Labute approximate surface area is 143 Å². The van der Waals surface area contributed by atoms with Crippen LogP contribution in [0.1, 0.15) is 13.8 Å². The lowest BCUT2D eigenvalue weighted by molar-refractivity contribution is 0.310. The standard InChI is InChI=1S/C15H23Cl2N3S/c1-11(2)10-20(6-5-19(3)4)15(21)18-14-8-12(16)7-13(17)9-14/h7-9,11H,5-6,10H2,1-4H3,(H,18,21). The lowest BCUT2D eigenvalue weighted by Crippen LogP contribution is -2.41. The molecule has 0 aromatic heterocycles. The van der Waals surface area contributed by atoms with Crippen LogP contribution in [-0.2, 0) is 0 Å². The normalized spacial score (nSPS) is 11.0. The summed E-state index contributed by atoms with van der Waals surface area (Å²) in [4.78, 5) is 4.32. The molecule has 0 spiro atoms. The van der Waals surface area contributed by atoms with Gasteiger partial charge in [-0.2, -0.15) is 0 Å². The first-order valence-electron chi connectivity index (χ1n) is 6.94. The van der Waals surface area contributed by atoms with Crippen molar-refractivity contribution in [3.05, 3.63) is 28.2 Å². The quantitative estimate of drug-likeness (QED) is 0.776. The zero-order valence-electron chi connectivity index (χ0n) is 13.0. The van der Waals surface area contributed by atoms with Crippen LogP contribution >= 0.6 is 35.4 Å². The predicted molar refractivity (Wildman–Crippen MR) is 97.6 cm³/mol. The Morgan fingerprint density at radius 1 is 1.14 bits per heavy atom. The van der Waals surface area contributed by atoms with Crippen LogP contribution in [-0.4, -0.2) is 48.6 Å². The Morgan fingerprint density at radius 3 is 2.19 bits per heavy atom. The van der Waals surface area contributed by atoms with E-state index in [9.17, 15) is 0 Å². The van der Waals surface area contributed by atoms with Crippen LogP contribution in [0, 0.1) is 5.92 Å². The van der Waals surface area contributed by atoms with E-state index < -0.39 is 0 Å². The fourth-order valence-electron chi connectivity index (χ4n) is 1.87. The average Bonchev–Trinajstić information content (AvgIpc) is 2.32. The van der Waals surface area contributed by atoms with Gasteiger partial charge in [0.2, 0.25) is 0 Å². The van der Waals surface area contributed by atoms with Gasteiger partial charge in [0, 0.05) is 35.4 Å². The van der Waals surface area contributed by atoms with Crippen molar-refractivity contribution in [1.29, 1.82) is 0 Å². The van der Waals surface area contributed by atoms with Crippen molar-refractivity contribution in [2.45, 2.75) is 13.8 Å². The molecular formula is C15H23Cl2N3S. The number of nitrogens with zero attached hydrogens (tertiary/aromatic N) is 2. The molecule has 1 aromatic rings. The molecular weight excluding hydrogens is 325 g/mol. The summed E-state index contributed by atoms with van der Waals surface area (Å²) in [6, 6.07) is 5.34. The number of anilines is 1. The maximum absolute atomic E-state index is 6.01. The molecule has 0 aliphatic carbocycles. The smallest absolute Gasteiger partial charge is 0.173 e. The molecule has 0 unspecified atom stereocenters. The molecule has 0 saturated carbocycles. The van der Waals surface area contributed by atoms with Gasteiger partial charge < -0.3 is 15.1 Å². The highest BCUT2D eigenvalue weighted by Gasteiger charge is 2.12. The second-order valence-corrected chi connectivity index (χ2v) is 6.99. The third-order valence-electron chi connectivity index (χ3n) is 2.80. The largest absolute Gasteiger partial charge is 0.347 e. The van der Waals surface area contributed by atoms with Gasteiger partial charge in [-0.05, 0) is 50.4 Å². The second-order valence-electron chi connectivity index (χ2n) is 5.73. The molecule has 0 radical (unpaired) electrons. The zero-order valence-corrected chi connectivity index (χ0v) is 15.3. The highest BCUT2D eigenvalue weighted by Crippen LogP contribution is 2.22. The van der Waals surface area contributed by atoms with Gasteiger partial charge in [-0.25, -0.2) is 0 Å². The van der Waals surface area contributed by atoms with Gasteiger partial charge in [0.1, 0.15) is 0 Å². The molecule has 6 heteroatoms. The van der Waals surface area contributed by atoms with Gasteiger partial charge in [0.25, 0.3) is 0 Å². The fraction of sp³-hybridized carbons (Fsp3) is 0.533. The molecule has 1 aromatic carbocycles. The number of halogens is 2. The summed E-state index contributed by atoms with van der Waals surface area (Å²) in [6.07, 6.45) is 0. The molecule has 1 N–H and O–H groups in total. The molecule has 0 heterocycles. The van der Waals surface area contributed by atoms with Crippen molar-refractivity contribution in [3.8, 4) is 0 Å². The van der Waals surface area contributed by atoms with Gasteiger partial charge in [0.15, 0.2) is 5.11 Å². The van der Waals surface area contributed by atoms with Gasteiger partial charge in [0.05, 0.1) is 0 Å². The van der Waals surface area contributed by atoms with Crippen molar-refractivity contribution in [1.82, 2.24) is 9.80 Å². The molecule has 0 atom stereocenters. The third-order valence-corrected chi connectivity index (χ3v) is 3.60. The van der Waals surface area contributed by atoms with Crippen molar-refractivity contribution in [2.75, 3.05) is 39.0 Å². The number of hydrogen-bond donors (Lipinski definition) is 1. The van der Waals surface area contributed by atoms with Crippen LogP contribution in [0.4, 0.5) is 5.69 Å². The Bertz CT molecular complexity index is 458. The minimum absolute atomic E-state index is 0.537. The summed E-state index contributed by atoms with van der Waals surface area (Å²) in [5.74, 6) is 0.537. The van der Waals surface area contributed by atoms with Crippen molar-refractivity contribution in [3.63, 3.8) is 0 Å². The first-order chi connectivity index (χ1) is 9.77. The van der Waals surface area contributed by atoms with E-state index in [1.54, 1.807) is 6.07 Å². The highest BCUT2D eigenvalue weighted by atomic mass is 35.5. The van der Waals surface area contributed by atoms with E-state index in [1.165, 1.54) is 0 Å². The molecule has 0 aliphatic heterocycles. The number of likely N-dealkylation sites (N-methyl/N-ethyl adjacent to an activating group) is 1. The predicted octanol–water partition coefficient (Wildman–Crippen LogP) is 4.21. The van der Waals surface area contributed by atoms with E-state index in [2.05, 4.69) is 43.1 Å². The highest BCUT2D eigenvalue weighted by molar-refractivity contribution is 7.80. The maximum atomic E-state index is 6.01. The van der Waals surface area contributed by atoms with E-state index in [1.807, 2.05) is 12.1 Å². The maximum Gasteiger partial charge on any atom is 0.173 e. The van der Waals surface area contributed by atoms with E-state index in [0.717, 1.165) is 25.3 Å². The number of rotatable bonds is 6. The fourth-order valence-corrected chi connectivity index (χ4v) is 2.68. The first-order valence-corrected chi connectivity index (χ1v) is 8.11. The zero-order chi connectivity index (χ0) is 16.0. The van der Waals surface area contributed by atoms with Crippen LogP contribution in [0.5, 0.6) is 0 Å². The number of nitrogens with one attached hydrogen (secondary N) is 1. The van der Waals surface area contributed by atoms with Crippen LogP contribution in [0.15, 0.2) is 18.2 Å². The van der Waals surface area contributed by atoms with Gasteiger partial charge in [-0.1, -0.05) is 37.0 Å². The SMILES string of the molecule is CC(C)CN(CCN(C)C)C(=S)Nc1cc(Cl)cc(Cl)c1. The Morgan fingerprint density at radius 2 is 1.71 bits per heavy atom. The molecule has 118 valence electrons. The van der Waals surface area contributed by atoms with E-state index >= 15 is 0 Å². The minimum Gasteiger partial charge on any atom is -0.347 e. The van der Waals surface area contributed by atoms with Crippen LogP contribution < -0.4 is 5.32 Å². The summed E-state index contributed by atoms with van der Waals surface area (Å²) in [5, 5.41) is 5.11. The average molecular weight is 348 g/mol. The lowest BCUT2D eigenvalue weighted by atomic mass is 10.2. The van der Waals surface area contributed by atoms with Crippen LogP contribution in [0.25, 0.3) is 0 Å². The second kappa shape index (κ2) is 8.79. The Balaban J connectivity index is 2.74. The van der Waals surface area contributed by atoms with Gasteiger partial charge >= 0.3 is 0 Å². The first kappa shape index (κ1) is 18.5. The number of hydrogen-bond acceptors (Lipinski definition) is 2. The van der Waals surface area contributed by atoms with E-state index in [0.29, 0.717) is 21.1 Å². The molecule has 0 fully saturated rings.